The lowest BCUT2D eigenvalue weighted by Gasteiger charge is -2.31. The third-order valence-electron chi connectivity index (χ3n) is 3.56. The molecule has 1 saturated heterocycles. The molecule has 120 valence electrons. The lowest BCUT2D eigenvalue weighted by atomic mass is 10.1. The molecule has 3 amide bonds. The Bertz CT molecular complexity index is 487. The van der Waals surface area contributed by atoms with Gasteiger partial charge >= 0.3 is 12.1 Å². The highest BCUT2D eigenvalue weighted by atomic mass is 16.6. The van der Waals surface area contributed by atoms with Crippen LogP contribution in [0.1, 0.15) is 25.3 Å². The van der Waals surface area contributed by atoms with Gasteiger partial charge in [-0.1, -0.05) is 0 Å². The maximum Gasteiger partial charge on any atom is 0.409 e. The first kappa shape index (κ1) is 16.1. The molecule has 2 heterocycles. The van der Waals surface area contributed by atoms with Gasteiger partial charge in [-0.3, -0.25) is 4.98 Å². The topological polar surface area (TPSA) is 83.6 Å². The normalized spacial score (nSPS) is 15.2. The fraction of sp³-hybridized carbons (Fsp3) is 0.533. The molecule has 1 aliphatic heterocycles. The van der Waals surface area contributed by atoms with Crippen molar-refractivity contribution >= 4 is 12.1 Å². The van der Waals surface area contributed by atoms with Crippen molar-refractivity contribution in [2.45, 2.75) is 32.4 Å². The van der Waals surface area contributed by atoms with Crippen LogP contribution in [0, 0.1) is 0 Å². The van der Waals surface area contributed by atoms with Crippen LogP contribution in [0.4, 0.5) is 9.59 Å². The second-order valence-corrected chi connectivity index (χ2v) is 5.14. The molecule has 0 radical (unpaired) electrons. The zero-order valence-corrected chi connectivity index (χ0v) is 12.7. The molecule has 1 aromatic heterocycles. The molecule has 0 spiro atoms. The lowest BCUT2D eigenvalue weighted by Crippen LogP contribution is -2.49. The summed E-state index contributed by atoms with van der Waals surface area (Å²) in [6.07, 6.45) is 4.59. The Hall–Kier alpha value is -2.31. The maximum absolute atomic E-state index is 11.9. The first-order valence-electron chi connectivity index (χ1n) is 7.54. The van der Waals surface area contributed by atoms with E-state index in [1.54, 1.807) is 24.2 Å². The molecule has 1 aromatic rings. The van der Waals surface area contributed by atoms with Crippen LogP contribution in [0.5, 0.6) is 0 Å². The van der Waals surface area contributed by atoms with Crippen molar-refractivity contribution in [3.8, 4) is 0 Å². The summed E-state index contributed by atoms with van der Waals surface area (Å²) in [5.74, 6) is 0. The first-order chi connectivity index (χ1) is 10.7. The van der Waals surface area contributed by atoms with E-state index in [1.807, 2.05) is 12.1 Å². The number of nitrogens with one attached hydrogen (secondary N) is 2. The third kappa shape index (κ3) is 4.91. The van der Waals surface area contributed by atoms with Gasteiger partial charge in [-0.05, 0) is 37.5 Å². The second kappa shape index (κ2) is 8.21. The molecule has 0 aliphatic carbocycles. The molecule has 0 unspecified atom stereocenters. The number of hydrogen-bond acceptors (Lipinski definition) is 4. The zero-order chi connectivity index (χ0) is 15.8. The summed E-state index contributed by atoms with van der Waals surface area (Å²) in [6.45, 7) is 3.85. The smallest absolute Gasteiger partial charge is 0.409 e. The Labute approximate surface area is 130 Å². The van der Waals surface area contributed by atoms with Gasteiger partial charge in [0.1, 0.15) is 0 Å². The molecule has 0 saturated carbocycles. The molecule has 7 heteroatoms. The highest BCUT2D eigenvalue weighted by molar-refractivity contribution is 5.74. The minimum absolute atomic E-state index is 0.0862. The van der Waals surface area contributed by atoms with Crippen molar-refractivity contribution in [2.75, 3.05) is 19.7 Å². The molecule has 0 atom stereocenters. The molecular formula is C15H22N4O3. The number of hydrogen-bond donors (Lipinski definition) is 2. The molecule has 2 rings (SSSR count). The monoisotopic (exact) mass is 306 g/mol. The largest absolute Gasteiger partial charge is 0.450 e. The van der Waals surface area contributed by atoms with Crippen molar-refractivity contribution in [1.82, 2.24) is 20.5 Å². The summed E-state index contributed by atoms with van der Waals surface area (Å²) >= 11 is 0. The van der Waals surface area contributed by atoms with Gasteiger partial charge in [0.15, 0.2) is 0 Å². The lowest BCUT2D eigenvalue weighted by molar-refractivity contribution is 0.0957. The minimum Gasteiger partial charge on any atom is -0.450 e. The highest BCUT2D eigenvalue weighted by Gasteiger charge is 2.24. The Morgan fingerprint density at radius 2 is 2.00 bits per heavy atom. The van der Waals surface area contributed by atoms with Gasteiger partial charge in [0.2, 0.25) is 0 Å². The van der Waals surface area contributed by atoms with Crippen LogP contribution in [0.15, 0.2) is 24.5 Å². The van der Waals surface area contributed by atoms with Gasteiger partial charge < -0.3 is 20.3 Å². The molecular weight excluding hydrogens is 284 g/mol. The van der Waals surface area contributed by atoms with E-state index in [0.29, 0.717) is 26.2 Å². The predicted molar refractivity (Wildman–Crippen MR) is 81.2 cm³/mol. The number of carbonyl (C=O) groups excluding carboxylic acids is 2. The quantitative estimate of drug-likeness (QED) is 0.883. The number of amides is 3. The fourth-order valence-electron chi connectivity index (χ4n) is 2.34. The standard InChI is InChI=1S/C15H22N4O3/c1-2-22-15(21)19-9-5-13(6-10-19)18-14(20)17-11-12-3-7-16-8-4-12/h3-4,7-8,13H,2,5-6,9-11H2,1H3,(H2,17,18,20). The van der Waals surface area contributed by atoms with E-state index in [1.165, 1.54) is 0 Å². The maximum atomic E-state index is 11.9. The summed E-state index contributed by atoms with van der Waals surface area (Å²) < 4.78 is 4.97. The molecule has 7 nitrogen and oxygen atoms in total. The SMILES string of the molecule is CCOC(=O)N1CCC(NC(=O)NCc2ccncc2)CC1. The van der Waals surface area contributed by atoms with Crippen molar-refractivity contribution < 1.29 is 14.3 Å². The number of carbonyl (C=O) groups is 2. The summed E-state index contributed by atoms with van der Waals surface area (Å²) in [7, 11) is 0. The molecule has 0 bridgehead atoms. The minimum atomic E-state index is -0.275. The van der Waals surface area contributed by atoms with Crippen LogP contribution < -0.4 is 10.6 Å². The van der Waals surface area contributed by atoms with Crippen molar-refractivity contribution in [3.05, 3.63) is 30.1 Å². The number of likely N-dealkylation sites (tertiary alicyclic amines) is 1. The average Bonchev–Trinajstić information content (AvgIpc) is 2.55. The van der Waals surface area contributed by atoms with Gasteiger partial charge in [0, 0.05) is 38.1 Å². The van der Waals surface area contributed by atoms with Crippen LogP contribution in [-0.2, 0) is 11.3 Å². The number of piperidine rings is 1. The number of rotatable bonds is 4. The fourth-order valence-corrected chi connectivity index (χ4v) is 2.34. The van der Waals surface area contributed by atoms with Crippen LogP contribution in [-0.4, -0.2) is 47.7 Å². The number of aromatic nitrogens is 1. The third-order valence-corrected chi connectivity index (χ3v) is 3.56. The molecule has 1 fully saturated rings. The van der Waals surface area contributed by atoms with Gasteiger partial charge in [-0.2, -0.15) is 0 Å². The van der Waals surface area contributed by atoms with Crippen molar-refractivity contribution in [1.29, 1.82) is 0 Å². The molecule has 22 heavy (non-hydrogen) atoms. The van der Waals surface area contributed by atoms with Crippen molar-refractivity contribution in [3.63, 3.8) is 0 Å². The summed E-state index contributed by atoms with van der Waals surface area (Å²) in [4.78, 5) is 29.1. The molecule has 0 aromatic carbocycles. The van der Waals surface area contributed by atoms with Crippen LogP contribution in [0.25, 0.3) is 0 Å². The van der Waals surface area contributed by atoms with Crippen LogP contribution in [0.3, 0.4) is 0 Å². The average molecular weight is 306 g/mol. The van der Waals surface area contributed by atoms with E-state index in [9.17, 15) is 9.59 Å². The Kier molecular flexibility index (Phi) is 6.00. The van der Waals surface area contributed by atoms with Gasteiger partial charge in [-0.15, -0.1) is 0 Å². The van der Waals surface area contributed by atoms with Gasteiger partial charge in [0.25, 0.3) is 0 Å². The Morgan fingerprint density at radius 3 is 2.64 bits per heavy atom. The second-order valence-electron chi connectivity index (χ2n) is 5.14. The van der Waals surface area contributed by atoms with Crippen LogP contribution >= 0.6 is 0 Å². The predicted octanol–water partition coefficient (Wildman–Crippen LogP) is 1.50. The van der Waals surface area contributed by atoms with E-state index >= 15 is 0 Å². The Balaban J connectivity index is 1.67. The number of ether oxygens (including phenoxy) is 1. The summed E-state index contributed by atoms with van der Waals surface area (Å²) in [5, 5.41) is 5.75. The molecule has 1 aliphatic rings. The van der Waals surface area contributed by atoms with E-state index < -0.39 is 0 Å². The van der Waals surface area contributed by atoms with Gasteiger partial charge in [-0.25, -0.2) is 9.59 Å². The number of pyridine rings is 1. The van der Waals surface area contributed by atoms with E-state index in [-0.39, 0.29) is 18.2 Å². The van der Waals surface area contributed by atoms with Gasteiger partial charge in [0.05, 0.1) is 6.61 Å². The summed E-state index contributed by atoms with van der Waals surface area (Å²) in [5.41, 5.74) is 1.00. The zero-order valence-electron chi connectivity index (χ0n) is 12.7. The number of urea groups is 1. The molecule has 2 N–H and O–H groups in total. The van der Waals surface area contributed by atoms with Crippen LogP contribution in [0.2, 0.25) is 0 Å². The highest BCUT2D eigenvalue weighted by Crippen LogP contribution is 2.11. The van der Waals surface area contributed by atoms with E-state index in [4.69, 9.17) is 4.74 Å². The summed E-state index contributed by atoms with van der Waals surface area (Å²) in [6, 6.07) is 3.62. The first-order valence-corrected chi connectivity index (χ1v) is 7.54. The van der Waals surface area contributed by atoms with E-state index in [2.05, 4.69) is 15.6 Å². The number of nitrogens with zero attached hydrogens (tertiary/aromatic N) is 2. The van der Waals surface area contributed by atoms with E-state index in [0.717, 1.165) is 18.4 Å². The Morgan fingerprint density at radius 1 is 1.32 bits per heavy atom. The van der Waals surface area contributed by atoms with Crippen molar-refractivity contribution in [2.24, 2.45) is 0 Å².